The minimum absolute atomic E-state index is 0.311. The molecule has 1 saturated heterocycles. The average molecular weight is 342 g/mol. The van der Waals surface area contributed by atoms with Gasteiger partial charge in [-0.05, 0) is 18.8 Å². The molecule has 1 aliphatic carbocycles. The first-order chi connectivity index (χ1) is 11.1. The van der Waals surface area contributed by atoms with Crippen molar-refractivity contribution < 1.29 is 19.0 Å². The van der Waals surface area contributed by atoms with Crippen molar-refractivity contribution in [3.05, 3.63) is 11.2 Å². The Kier molecular flexibility index (Phi) is 4.87. The number of aromatic nitrogens is 2. The Labute approximate surface area is 139 Å². The van der Waals surface area contributed by atoms with E-state index in [1.165, 1.54) is 6.07 Å². The second-order valence-corrected chi connectivity index (χ2v) is 6.33. The molecule has 2 aliphatic rings. The van der Waals surface area contributed by atoms with Gasteiger partial charge in [0.25, 0.3) is 12.3 Å². The van der Waals surface area contributed by atoms with E-state index in [-0.39, 0.29) is 0 Å². The molecule has 0 radical (unpaired) electrons. The van der Waals surface area contributed by atoms with E-state index in [2.05, 4.69) is 14.9 Å². The lowest BCUT2D eigenvalue weighted by atomic mass is 9.98. The quantitative estimate of drug-likeness (QED) is 0.427. The molecule has 2 fully saturated rings. The predicted octanol–water partition coefficient (Wildman–Crippen LogP) is 2.03. The van der Waals surface area contributed by atoms with Crippen molar-refractivity contribution >= 4 is 24.0 Å². The Balaban J connectivity index is 1.67. The monoisotopic (exact) mass is 341 g/mol. The molecule has 8 heteroatoms. The summed E-state index contributed by atoms with van der Waals surface area (Å²) in [5.41, 5.74) is 0. The zero-order chi connectivity index (χ0) is 16.3. The van der Waals surface area contributed by atoms with E-state index in [0.29, 0.717) is 42.2 Å². The number of hydrogen-bond acceptors (Lipinski definition) is 7. The summed E-state index contributed by atoms with van der Waals surface area (Å²) in [6, 6.07) is 1.54. The number of rotatable bonds is 7. The van der Waals surface area contributed by atoms with Gasteiger partial charge < -0.3 is 19.1 Å². The summed E-state index contributed by atoms with van der Waals surface area (Å²) in [6.07, 6.45) is 3.37. The van der Waals surface area contributed by atoms with Crippen molar-refractivity contribution in [1.29, 1.82) is 0 Å². The van der Waals surface area contributed by atoms with Gasteiger partial charge in [0.15, 0.2) is 0 Å². The Morgan fingerprint density at radius 3 is 2.74 bits per heavy atom. The first-order valence-electron chi connectivity index (χ1n) is 7.73. The number of carbonyl (C=O) groups is 1. The third-order valence-electron chi connectivity index (χ3n) is 4.17. The molecule has 0 aromatic carbocycles. The fraction of sp³-hybridized carbons (Fsp3) is 0.667. The van der Waals surface area contributed by atoms with Crippen LogP contribution in [0, 0.1) is 5.92 Å². The van der Waals surface area contributed by atoms with Crippen LogP contribution in [0.4, 0.5) is 5.95 Å². The van der Waals surface area contributed by atoms with Crippen molar-refractivity contribution in [2.75, 3.05) is 31.7 Å². The van der Waals surface area contributed by atoms with E-state index in [1.54, 1.807) is 7.11 Å². The maximum Gasteiger partial charge on any atom is 0.296 e. The van der Waals surface area contributed by atoms with E-state index in [9.17, 15) is 4.79 Å². The van der Waals surface area contributed by atoms with Gasteiger partial charge in [-0.2, -0.15) is 4.98 Å². The standard InChI is InChI=1S/C15H20ClN3O4/c1-21-9-11-2-6-19(7-3-11)14-17-12(16)8-13(18-14)23-15(4-5-15)22-10-20/h8,10-11H,2-7,9H2,1H3. The van der Waals surface area contributed by atoms with Gasteiger partial charge in [0, 0.05) is 45.7 Å². The highest BCUT2D eigenvalue weighted by molar-refractivity contribution is 6.29. The SMILES string of the molecule is COCC1CCN(c2nc(Cl)cc(OC3(OC=O)CC3)n2)CC1. The smallest absolute Gasteiger partial charge is 0.296 e. The zero-order valence-electron chi connectivity index (χ0n) is 13.0. The van der Waals surface area contributed by atoms with Crippen molar-refractivity contribution in [3.8, 4) is 5.88 Å². The van der Waals surface area contributed by atoms with Gasteiger partial charge in [-0.25, -0.2) is 4.98 Å². The summed E-state index contributed by atoms with van der Waals surface area (Å²) in [5.74, 6) is 0.577. The molecule has 1 aromatic rings. The van der Waals surface area contributed by atoms with E-state index < -0.39 is 5.79 Å². The van der Waals surface area contributed by atoms with E-state index in [0.717, 1.165) is 32.5 Å². The molecule has 23 heavy (non-hydrogen) atoms. The number of piperidine rings is 1. The van der Waals surface area contributed by atoms with E-state index in [1.807, 2.05) is 0 Å². The van der Waals surface area contributed by atoms with Crippen molar-refractivity contribution in [3.63, 3.8) is 0 Å². The molecule has 0 unspecified atom stereocenters. The van der Waals surface area contributed by atoms with E-state index in [4.69, 9.17) is 25.8 Å². The molecule has 1 aromatic heterocycles. The molecule has 0 atom stereocenters. The maximum atomic E-state index is 10.5. The van der Waals surface area contributed by atoms with Gasteiger partial charge in [-0.1, -0.05) is 11.6 Å². The average Bonchev–Trinajstić information content (AvgIpc) is 3.27. The van der Waals surface area contributed by atoms with Crippen LogP contribution >= 0.6 is 11.6 Å². The van der Waals surface area contributed by atoms with Crippen LogP contribution < -0.4 is 9.64 Å². The summed E-state index contributed by atoms with van der Waals surface area (Å²) in [6.45, 7) is 2.88. The Hall–Kier alpha value is -1.60. The van der Waals surface area contributed by atoms with Crippen LogP contribution in [0.25, 0.3) is 0 Å². The number of ether oxygens (including phenoxy) is 3. The first-order valence-corrected chi connectivity index (χ1v) is 8.11. The molecule has 7 nitrogen and oxygen atoms in total. The summed E-state index contributed by atoms with van der Waals surface area (Å²) >= 11 is 6.09. The Morgan fingerprint density at radius 2 is 2.13 bits per heavy atom. The topological polar surface area (TPSA) is 73.8 Å². The minimum Gasteiger partial charge on any atom is -0.435 e. The maximum absolute atomic E-state index is 10.5. The number of methoxy groups -OCH3 is 1. The lowest BCUT2D eigenvalue weighted by molar-refractivity contribution is -0.154. The normalized spacial score (nSPS) is 20.2. The van der Waals surface area contributed by atoms with Gasteiger partial charge >= 0.3 is 0 Å². The van der Waals surface area contributed by atoms with Gasteiger partial charge in [-0.15, -0.1) is 0 Å². The number of anilines is 1. The third-order valence-corrected chi connectivity index (χ3v) is 4.36. The summed E-state index contributed by atoms with van der Waals surface area (Å²) in [7, 11) is 1.73. The van der Waals surface area contributed by atoms with Crippen LogP contribution in [0.5, 0.6) is 5.88 Å². The fourth-order valence-electron chi connectivity index (χ4n) is 2.74. The molecule has 0 amide bonds. The third kappa shape index (κ3) is 4.03. The van der Waals surface area contributed by atoms with E-state index >= 15 is 0 Å². The molecule has 1 saturated carbocycles. The van der Waals surface area contributed by atoms with Crippen LogP contribution in [0.3, 0.4) is 0 Å². The van der Waals surface area contributed by atoms with Crippen molar-refractivity contribution in [2.24, 2.45) is 5.92 Å². The van der Waals surface area contributed by atoms with Gasteiger partial charge in [0.05, 0.1) is 0 Å². The summed E-state index contributed by atoms with van der Waals surface area (Å²) in [5, 5.41) is 0.311. The Bertz CT molecular complexity index is 560. The van der Waals surface area contributed by atoms with Gasteiger partial charge in [0.1, 0.15) is 5.15 Å². The van der Waals surface area contributed by atoms with Crippen molar-refractivity contribution in [2.45, 2.75) is 31.5 Å². The molecule has 0 bridgehead atoms. The number of halogens is 1. The molecule has 2 heterocycles. The highest BCUT2D eigenvalue weighted by atomic mass is 35.5. The van der Waals surface area contributed by atoms with Crippen LogP contribution in [0.2, 0.25) is 5.15 Å². The number of hydrogen-bond donors (Lipinski definition) is 0. The molecule has 0 spiro atoms. The van der Waals surface area contributed by atoms with Crippen LogP contribution in [0.15, 0.2) is 6.07 Å². The molecule has 3 rings (SSSR count). The second kappa shape index (κ2) is 6.88. The minimum atomic E-state index is -0.873. The highest BCUT2D eigenvalue weighted by Gasteiger charge is 2.49. The lowest BCUT2D eigenvalue weighted by Crippen LogP contribution is -2.36. The van der Waals surface area contributed by atoms with Crippen molar-refractivity contribution in [1.82, 2.24) is 9.97 Å². The fourth-order valence-corrected chi connectivity index (χ4v) is 2.91. The largest absolute Gasteiger partial charge is 0.435 e. The summed E-state index contributed by atoms with van der Waals surface area (Å²) < 4.78 is 15.9. The zero-order valence-corrected chi connectivity index (χ0v) is 13.8. The Morgan fingerprint density at radius 1 is 1.39 bits per heavy atom. The first kappa shape index (κ1) is 16.3. The second-order valence-electron chi connectivity index (χ2n) is 5.94. The lowest BCUT2D eigenvalue weighted by Gasteiger charge is -2.31. The molecule has 126 valence electrons. The summed E-state index contributed by atoms with van der Waals surface area (Å²) in [4.78, 5) is 21.3. The number of carbonyl (C=O) groups excluding carboxylic acids is 1. The highest BCUT2D eigenvalue weighted by Crippen LogP contribution is 2.41. The predicted molar refractivity (Wildman–Crippen MR) is 83.6 cm³/mol. The van der Waals surface area contributed by atoms with Crippen LogP contribution in [0.1, 0.15) is 25.7 Å². The van der Waals surface area contributed by atoms with Crippen LogP contribution in [-0.4, -0.2) is 49.0 Å². The van der Waals surface area contributed by atoms with Gasteiger partial charge in [0.2, 0.25) is 11.8 Å². The molecule has 0 N–H and O–H groups in total. The molecular formula is C15H20ClN3O4. The molecule has 1 aliphatic heterocycles. The van der Waals surface area contributed by atoms with Crippen LogP contribution in [-0.2, 0) is 14.3 Å². The van der Waals surface area contributed by atoms with Gasteiger partial charge in [-0.3, -0.25) is 4.79 Å². The molecular weight excluding hydrogens is 322 g/mol. The number of nitrogens with zero attached hydrogens (tertiary/aromatic N) is 3.